The summed E-state index contributed by atoms with van der Waals surface area (Å²) in [4.78, 5) is 29.6. The summed E-state index contributed by atoms with van der Waals surface area (Å²) in [6.45, 7) is 4.82. The zero-order valence-corrected chi connectivity index (χ0v) is 18.7. The highest BCUT2D eigenvalue weighted by Crippen LogP contribution is 2.26. The van der Waals surface area contributed by atoms with Gasteiger partial charge >= 0.3 is 0 Å². The number of carbonyl (C=O) groups excluding carboxylic acids is 2. The Morgan fingerprint density at radius 3 is 2.73 bits per heavy atom. The van der Waals surface area contributed by atoms with Gasteiger partial charge in [-0.2, -0.15) is 5.10 Å². The third-order valence-corrected chi connectivity index (χ3v) is 6.50. The normalized spacial score (nSPS) is 18.4. The molecule has 0 aliphatic carbocycles. The predicted octanol–water partition coefficient (Wildman–Crippen LogP) is 3.78. The molecular formula is C26H27FN4O2. The first-order valence-corrected chi connectivity index (χ1v) is 11.4. The Kier molecular flexibility index (Phi) is 5.70. The quantitative estimate of drug-likeness (QED) is 0.613. The number of aromatic nitrogens is 2. The fourth-order valence-corrected chi connectivity index (χ4v) is 4.70. The van der Waals surface area contributed by atoms with Crippen molar-refractivity contribution in [3.8, 4) is 11.3 Å². The molecule has 1 fully saturated rings. The molecule has 0 saturated carbocycles. The van der Waals surface area contributed by atoms with Gasteiger partial charge in [-0.1, -0.05) is 42.0 Å². The molecule has 3 heterocycles. The summed E-state index contributed by atoms with van der Waals surface area (Å²) in [6, 6.07) is 16.5. The van der Waals surface area contributed by atoms with Gasteiger partial charge < -0.3 is 9.80 Å². The van der Waals surface area contributed by atoms with Crippen LogP contribution < -0.4 is 0 Å². The van der Waals surface area contributed by atoms with E-state index in [0.717, 1.165) is 23.2 Å². The van der Waals surface area contributed by atoms with Crippen LogP contribution in [0.2, 0.25) is 0 Å². The Hall–Kier alpha value is -3.48. The zero-order valence-electron chi connectivity index (χ0n) is 18.7. The fourth-order valence-electron chi connectivity index (χ4n) is 4.70. The number of carbonyl (C=O) groups is 2. The Bertz CT molecular complexity index is 1190. The Balaban J connectivity index is 1.27. The highest BCUT2D eigenvalue weighted by atomic mass is 19.1. The lowest BCUT2D eigenvalue weighted by Gasteiger charge is -2.23. The highest BCUT2D eigenvalue weighted by Gasteiger charge is 2.37. The molecule has 5 rings (SSSR count). The van der Waals surface area contributed by atoms with E-state index >= 15 is 0 Å². The van der Waals surface area contributed by atoms with Crippen LogP contribution in [-0.2, 0) is 29.2 Å². The second kappa shape index (κ2) is 8.81. The molecule has 2 aliphatic heterocycles. The summed E-state index contributed by atoms with van der Waals surface area (Å²) < 4.78 is 15.6. The van der Waals surface area contributed by atoms with E-state index in [1.165, 1.54) is 17.7 Å². The fraction of sp³-hybridized carbons (Fsp3) is 0.346. The summed E-state index contributed by atoms with van der Waals surface area (Å²) in [7, 11) is 0. The van der Waals surface area contributed by atoms with E-state index in [4.69, 9.17) is 0 Å². The number of hydrogen-bond donors (Lipinski definition) is 0. The van der Waals surface area contributed by atoms with E-state index in [2.05, 4.69) is 5.10 Å². The van der Waals surface area contributed by atoms with Crippen LogP contribution in [0, 0.1) is 18.7 Å². The monoisotopic (exact) mass is 446 g/mol. The first-order valence-electron chi connectivity index (χ1n) is 11.4. The Labute approximate surface area is 192 Å². The first kappa shape index (κ1) is 21.4. The molecule has 0 spiro atoms. The molecule has 0 radical (unpaired) electrons. The van der Waals surface area contributed by atoms with E-state index in [-0.39, 0.29) is 30.0 Å². The largest absolute Gasteiger partial charge is 0.338 e. The summed E-state index contributed by atoms with van der Waals surface area (Å²) in [6.07, 6.45) is 1.05. The number of fused-ring (bicyclic) bond motifs is 1. The average molecular weight is 447 g/mol. The molecule has 1 saturated heterocycles. The molecule has 1 aromatic heterocycles. The lowest BCUT2D eigenvalue weighted by molar-refractivity contribution is -0.136. The minimum Gasteiger partial charge on any atom is -0.338 e. The van der Waals surface area contributed by atoms with Gasteiger partial charge in [0.25, 0.3) is 0 Å². The molecule has 3 aromatic rings. The first-order chi connectivity index (χ1) is 16.0. The van der Waals surface area contributed by atoms with Crippen LogP contribution in [-0.4, -0.2) is 44.5 Å². The Morgan fingerprint density at radius 1 is 1.12 bits per heavy atom. The van der Waals surface area contributed by atoms with Crippen LogP contribution in [0.5, 0.6) is 0 Å². The number of nitrogens with zero attached hydrogens (tertiary/aromatic N) is 4. The van der Waals surface area contributed by atoms with Crippen molar-refractivity contribution >= 4 is 11.8 Å². The van der Waals surface area contributed by atoms with Crippen molar-refractivity contribution in [3.63, 3.8) is 0 Å². The van der Waals surface area contributed by atoms with Crippen molar-refractivity contribution in [1.82, 2.24) is 19.6 Å². The Morgan fingerprint density at radius 2 is 1.94 bits per heavy atom. The number of halogens is 1. The molecule has 2 amide bonds. The molecule has 6 nitrogen and oxygen atoms in total. The van der Waals surface area contributed by atoms with Gasteiger partial charge in [0, 0.05) is 38.2 Å². The molecule has 1 atom stereocenters. The summed E-state index contributed by atoms with van der Waals surface area (Å²) >= 11 is 0. The van der Waals surface area contributed by atoms with Crippen molar-refractivity contribution < 1.29 is 14.0 Å². The van der Waals surface area contributed by atoms with Gasteiger partial charge in [-0.15, -0.1) is 0 Å². The zero-order chi connectivity index (χ0) is 22.9. The van der Waals surface area contributed by atoms with Crippen LogP contribution in [0.3, 0.4) is 0 Å². The van der Waals surface area contributed by atoms with Crippen LogP contribution in [0.25, 0.3) is 11.3 Å². The third-order valence-electron chi connectivity index (χ3n) is 6.50. The van der Waals surface area contributed by atoms with Gasteiger partial charge in [-0.3, -0.25) is 14.3 Å². The smallest absolute Gasteiger partial charge is 0.228 e. The topological polar surface area (TPSA) is 58.4 Å². The van der Waals surface area contributed by atoms with Gasteiger partial charge in [-0.25, -0.2) is 4.39 Å². The van der Waals surface area contributed by atoms with Crippen LogP contribution >= 0.6 is 0 Å². The number of aryl methyl sites for hydroxylation is 2. The van der Waals surface area contributed by atoms with Crippen LogP contribution in [0.1, 0.15) is 29.7 Å². The number of amides is 2. The highest BCUT2D eigenvalue weighted by molar-refractivity contribution is 5.89. The van der Waals surface area contributed by atoms with Gasteiger partial charge in [0.15, 0.2) is 0 Å². The van der Waals surface area contributed by atoms with E-state index in [9.17, 15) is 14.0 Å². The van der Waals surface area contributed by atoms with Gasteiger partial charge in [0.1, 0.15) is 5.82 Å². The maximum absolute atomic E-state index is 13.6. The maximum atomic E-state index is 13.6. The molecule has 0 bridgehead atoms. The van der Waals surface area contributed by atoms with E-state index in [1.54, 1.807) is 11.0 Å². The molecule has 7 heteroatoms. The van der Waals surface area contributed by atoms with Crippen molar-refractivity contribution in [2.24, 2.45) is 5.92 Å². The minimum absolute atomic E-state index is 0.0247. The molecule has 170 valence electrons. The van der Waals surface area contributed by atoms with Crippen molar-refractivity contribution in [2.45, 2.75) is 39.4 Å². The second-order valence-corrected chi connectivity index (χ2v) is 9.03. The van der Waals surface area contributed by atoms with Crippen LogP contribution in [0.4, 0.5) is 4.39 Å². The number of hydrogen-bond acceptors (Lipinski definition) is 3. The molecular weight excluding hydrogens is 419 g/mol. The van der Waals surface area contributed by atoms with E-state index < -0.39 is 0 Å². The van der Waals surface area contributed by atoms with Gasteiger partial charge in [-0.05, 0) is 37.1 Å². The lowest BCUT2D eigenvalue weighted by Crippen LogP contribution is -2.37. The third kappa shape index (κ3) is 4.53. The number of benzene rings is 2. The van der Waals surface area contributed by atoms with Gasteiger partial charge in [0.2, 0.25) is 11.8 Å². The average Bonchev–Trinajstić information content (AvgIpc) is 3.31. The SMILES string of the molecule is Cc1ccc(CN2CC(C(=O)N3CCCn4nc(-c5cccc(F)c5)cc4C3)CC2=O)cc1. The summed E-state index contributed by atoms with van der Waals surface area (Å²) in [5.74, 6) is -0.562. The van der Waals surface area contributed by atoms with Crippen LogP contribution in [0.15, 0.2) is 54.6 Å². The maximum Gasteiger partial charge on any atom is 0.228 e. The molecule has 1 unspecified atom stereocenters. The summed E-state index contributed by atoms with van der Waals surface area (Å²) in [5, 5.41) is 4.64. The van der Waals surface area contributed by atoms with E-state index in [0.29, 0.717) is 38.4 Å². The number of rotatable bonds is 4. The van der Waals surface area contributed by atoms with Gasteiger partial charge in [0.05, 0.1) is 23.9 Å². The minimum atomic E-state index is -0.319. The van der Waals surface area contributed by atoms with Crippen molar-refractivity contribution in [3.05, 3.63) is 77.2 Å². The predicted molar refractivity (Wildman–Crippen MR) is 122 cm³/mol. The van der Waals surface area contributed by atoms with Crippen molar-refractivity contribution in [2.75, 3.05) is 13.1 Å². The second-order valence-electron chi connectivity index (χ2n) is 9.03. The molecule has 2 aromatic carbocycles. The van der Waals surface area contributed by atoms with E-state index in [1.807, 2.05) is 52.9 Å². The van der Waals surface area contributed by atoms with Crippen molar-refractivity contribution in [1.29, 1.82) is 0 Å². The summed E-state index contributed by atoms with van der Waals surface area (Å²) in [5.41, 5.74) is 4.62. The molecule has 0 N–H and O–H groups in total. The number of likely N-dealkylation sites (tertiary alicyclic amines) is 1. The molecule has 2 aliphatic rings. The molecule has 33 heavy (non-hydrogen) atoms. The standard InChI is InChI=1S/C26H27FN4O2/c1-18-6-8-19(9-7-18)15-30-16-21(13-25(30)32)26(33)29-10-3-11-31-23(17-29)14-24(28-31)20-4-2-5-22(27)12-20/h2,4-9,12,14,21H,3,10-11,13,15-17H2,1H3. The lowest BCUT2D eigenvalue weighted by atomic mass is 10.1.